The third-order valence-electron chi connectivity index (χ3n) is 9.80. The quantitative estimate of drug-likeness (QED) is 0.161. The Balaban J connectivity index is 0.00000372. The molecule has 5 aromatic carbocycles. The van der Waals surface area contributed by atoms with E-state index in [-0.39, 0.29) is 26.5 Å². The van der Waals surface area contributed by atoms with Crippen LogP contribution in [0.4, 0.5) is 22.7 Å². The molecule has 0 radical (unpaired) electrons. The minimum atomic E-state index is -0.0122. The Bertz CT molecular complexity index is 2840. The van der Waals surface area contributed by atoms with Crippen LogP contribution >= 0.6 is 11.3 Å². The summed E-state index contributed by atoms with van der Waals surface area (Å²) in [4.78, 5) is 13.7. The van der Waals surface area contributed by atoms with Crippen molar-refractivity contribution in [2.75, 3.05) is 9.80 Å². The van der Waals surface area contributed by atoms with Crippen molar-refractivity contribution < 1.29 is 25.8 Å². The van der Waals surface area contributed by atoms with Gasteiger partial charge in [-0.2, -0.15) is 12.1 Å². The van der Waals surface area contributed by atoms with E-state index in [9.17, 15) is 0 Å². The van der Waals surface area contributed by atoms with Crippen molar-refractivity contribution in [3.8, 4) is 17.3 Å². The van der Waals surface area contributed by atoms with E-state index in [2.05, 4.69) is 150 Å². The Morgan fingerprint density at radius 2 is 1.47 bits per heavy atom. The second kappa shape index (κ2) is 12.9. The van der Waals surface area contributed by atoms with E-state index in [0.29, 0.717) is 11.5 Å². The first kappa shape index (κ1) is 33.4. The molecular weight excluding hydrogens is 854 g/mol. The van der Waals surface area contributed by atoms with Gasteiger partial charge in [-0.3, -0.25) is 4.98 Å². The Labute approximate surface area is 326 Å². The van der Waals surface area contributed by atoms with E-state index < -0.39 is 0 Å². The summed E-state index contributed by atoms with van der Waals surface area (Å²) in [5, 5.41) is 4.72. The number of rotatable bonds is 5. The third kappa shape index (κ3) is 5.58. The van der Waals surface area contributed by atoms with Gasteiger partial charge in [0.1, 0.15) is 5.82 Å². The summed E-state index contributed by atoms with van der Waals surface area (Å²) >= 11 is 1.82. The number of para-hydroxylation sites is 1. The normalized spacial score (nSPS) is 12.9. The van der Waals surface area contributed by atoms with Crippen molar-refractivity contribution in [1.29, 1.82) is 0 Å². The Morgan fingerprint density at radius 1 is 0.679 bits per heavy atom. The van der Waals surface area contributed by atoms with Gasteiger partial charge in [0.25, 0.3) is 0 Å². The fourth-order valence-corrected chi connectivity index (χ4v) is 8.41. The van der Waals surface area contributed by atoms with Crippen LogP contribution in [0.5, 0.6) is 11.5 Å². The van der Waals surface area contributed by atoms with Gasteiger partial charge in [0, 0.05) is 82.0 Å². The van der Waals surface area contributed by atoms with Crippen molar-refractivity contribution in [2.24, 2.45) is 0 Å². The summed E-state index contributed by atoms with van der Waals surface area (Å²) in [7, 11) is 0. The number of pyridine rings is 2. The summed E-state index contributed by atoms with van der Waals surface area (Å²) in [6.07, 6.45) is 5.65. The van der Waals surface area contributed by atoms with Crippen LogP contribution in [0.15, 0.2) is 134 Å². The summed E-state index contributed by atoms with van der Waals surface area (Å²) in [6.45, 7) is 8.79. The van der Waals surface area contributed by atoms with E-state index in [1.807, 2.05) is 54.2 Å². The zero-order valence-corrected chi connectivity index (χ0v) is 32.2. The van der Waals surface area contributed by atoms with Crippen LogP contribution in [0.3, 0.4) is 0 Å². The molecule has 0 saturated heterocycles. The molecule has 0 N–H and O–H groups in total. The van der Waals surface area contributed by atoms with Crippen molar-refractivity contribution >= 4 is 76.1 Å². The minimum Gasteiger partial charge on any atom is -0.509 e. The van der Waals surface area contributed by atoms with Crippen LogP contribution in [0, 0.1) is 18.8 Å². The van der Waals surface area contributed by atoms with Gasteiger partial charge >= 0.3 is 0 Å². The monoisotopic (exact) mass is 885 g/mol. The number of benzene rings is 5. The molecule has 4 aromatic heterocycles. The summed E-state index contributed by atoms with van der Waals surface area (Å²) in [5.41, 5.74) is 7.18. The number of hydrogen-bond donors (Lipinski definition) is 0. The molecule has 262 valence electrons. The first-order valence-electron chi connectivity index (χ1n) is 17.3. The van der Waals surface area contributed by atoms with Crippen LogP contribution in [-0.4, -0.2) is 14.5 Å². The van der Waals surface area contributed by atoms with E-state index in [1.165, 1.54) is 25.7 Å². The Morgan fingerprint density at radius 3 is 2.36 bits per heavy atom. The average Bonchev–Trinajstić information content (AvgIpc) is 3.84. The van der Waals surface area contributed by atoms with Gasteiger partial charge in [0.2, 0.25) is 0 Å². The topological polar surface area (TPSA) is 46.4 Å². The molecule has 0 amide bonds. The van der Waals surface area contributed by atoms with Crippen molar-refractivity contribution in [2.45, 2.75) is 26.2 Å². The number of anilines is 4. The molecule has 0 spiro atoms. The van der Waals surface area contributed by atoms with Gasteiger partial charge < -0.3 is 19.1 Å². The van der Waals surface area contributed by atoms with E-state index in [4.69, 9.17) is 9.72 Å². The molecule has 9 aromatic rings. The third-order valence-corrected chi connectivity index (χ3v) is 10.9. The molecule has 0 atom stereocenters. The van der Waals surface area contributed by atoms with Gasteiger partial charge in [0.05, 0.1) is 11.9 Å². The number of thiophene rings is 1. The van der Waals surface area contributed by atoms with Crippen molar-refractivity contribution in [3.05, 3.63) is 158 Å². The predicted molar refractivity (Wildman–Crippen MR) is 214 cm³/mol. The summed E-state index contributed by atoms with van der Waals surface area (Å²) in [6, 6.07) is 47.1. The van der Waals surface area contributed by atoms with E-state index >= 15 is 0 Å². The number of ether oxygens (including phenoxy) is 1. The second-order valence-electron chi connectivity index (χ2n) is 14.1. The molecule has 6 nitrogen and oxygen atoms in total. The molecule has 10 rings (SSSR count). The number of aromatic nitrogens is 3. The van der Waals surface area contributed by atoms with Crippen molar-refractivity contribution in [3.63, 3.8) is 0 Å². The maximum Gasteiger partial charge on any atom is 0.135 e. The summed E-state index contributed by atoms with van der Waals surface area (Å²) in [5.74, 6) is 2.05. The first-order chi connectivity index (χ1) is 25.4. The van der Waals surface area contributed by atoms with Gasteiger partial charge in [0.15, 0.2) is 0 Å². The largest absolute Gasteiger partial charge is 0.509 e. The fraction of sp³-hybridized carbons (Fsp3) is 0.0889. The van der Waals surface area contributed by atoms with Crippen molar-refractivity contribution in [1.82, 2.24) is 14.5 Å². The Kier molecular flexibility index (Phi) is 8.10. The fourth-order valence-electron chi connectivity index (χ4n) is 7.28. The zero-order chi connectivity index (χ0) is 35.0. The molecule has 0 aliphatic carbocycles. The van der Waals surface area contributed by atoms with Crippen LogP contribution < -0.4 is 14.5 Å². The molecule has 0 fully saturated rings. The smallest absolute Gasteiger partial charge is 0.135 e. The van der Waals surface area contributed by atoms with Crippen LogP contribution in [0.2, 0.25) is 0 Å². The minimum absolute atomic E-state index is 0. The van der Waals surface area contributed by atoms with E-state index in [1.54, 1.807) is 0 Å². The van der Waals surface area contributed by atoms with E-state index in [0.717, 1.165) is 50.4 Å². The molecule has 0 unspecified atom stereocenters. The molecule has 0 saturated carbocycles. The number of fused-ring (bicyclic) bond motifs is 7. The van der Waals surface area contributed by atoms with Gasteiger partial charge in [-0.15, -0.1) is 59.4 Å². The van der Waals surface area contributed by atoms with Crippen LogP contribution in [0.25, 0.3) is 47.8 Å². The molecule has 0 bridgehead atoms. The SMILES string of the molecule is CC(C)(C)c1ccnc(-n2c3[c-]c(Oc4[c-]c(N5[CH-]N(c6cccc7sc8ccccc8c67)c6cnccc65)ccc4)ccc3c3ccccc32)c1.[Pt]. The van der Waals surface area contributed by atoms with Crippen LogP contribution in [0.1, 0.15) is 26.3 Å². The molecule has 53 heavy (non-hydrogen) atoms. The average molecular weight is 886 g/mol. The standard InChI is InChI=1S/C45H32N5OS.Pt/c1-45(2,3)29-20-23-47-43(24-29)50-36-14-6-4-12-33(36)34-19-18-32(26-39(34)50)51-31-11-8-10-30(25-31)48-28-49(40-27-46-22-21-37(40)48)38-15-9-17-42-44(38)35-13-5-7-16-41(35)52-42;/h4-24,27-28H,1-3H3;/q-3;. The maximum absolute atomic E-state index is 6.54. The van der Waals surface area contributed by atoms with Gasteiger partial charge in [-0.25, -0.2) is 4.98 Å². The zero-order valence-electron chi connectivity index (χ0n) is 29.1. The van der Waals surface area contributed by atoms with Crippen LogP contribution in [-0.2, 0) is 26.5 Å². The summed E-state index contributed by atoms with van der Waals surface area (Å²) < 4.78 is 11.2. The first-order valence-corrected chi connectivity index (χ1v) is 18.1. The maximum atomic E-state index is 6.54. The number of nitrogens with zero attached hydrogens (tertiary/aromatic N) is 5. The predicted octanol–water partition coefficient (Wildman–Crippen LogP) is 12.0. The van der Waals surface area contributed by atoms with Gasteiger partial charge in [-0.05, 0) is 58.8 Å². The number of hydrogen-bond acceptors (Lipinski definition) is 6. The second-order valence-corrected chi connectivity index (χ2v) is 15.1. The van der Waals surface area contributed by atoms with Gasteiger partial charge in [-0.1, -0.05) is 68.8 Å². The molecule has 1 aliphatic rings. The molecular formula is C45H32N5OPtS-3. The molecule has 1 aliphatic heterocycles. The molecule has 5 heterocycles. The Hall–Kier alpha value is -5.49. The molecule has 8 heteroatoms.